The molecule has 2 aromatic rings. The van der Waals surface area contributed by atoms with Gasteiger partial charge in [0.2, 0.25) is 0 Å². The summed E-state index contributed by atoms with van der Waals surface area (Å²) < 4.78 is 23.0. The number of aromatic nitrogens is 1. The van der Waals surface area contributed by atoms with Crippen LogP contribution in [0.25, 0.3) is 10.9 Å². The van der Waals surface area contributed by atoms with Crippen molar-refractivity contribution in [1.82, 2.24) is 9.88 Å². The number of rotatable bonds is 6. The second kappa shape index (κ2) is 10.2. The van der Waals surface area contributed by atoms with Gasteiger partial charge in [-0.15, -0.1) is 0 Å². The Labute approximate surface area is 223 Å². The van der Waals surface area contributed by atoms with E-state index in [9.17, 15) is 9.59 Å². The van der Waals surface area contributed by atoms with Gasteiger partial charge in [0.15, 0.2) is 5.79 Å². The summed E-state index contributed by atoms with van der Waals surface area (Å²) >= 11 is 0. The highest BCUT2D eigenvalue weighted by molar-refractivity contribution is 5.96. The van der Waals surface area contributed by atoms with Crippen molar-refractivity contribution in [2.45, 2.75) is 51.9 Å². The van der Waals surface area contributed by atoms with Gasteiger partial charge in [0.25, 0.3) is 0 Å². The highest BCUT2D eigenvalue weighted by Gasteiger charge is 2.49. The first kappa shape index (κ1) is 26.5. The van der Waals surface area contributed by atoms with Crippen LogP contribution in [0.2, 0.25) is 0 Å². The molecule has 3 aliphatic rings. The molecule has 1 aromatic carbocycles. The predicted octanol–water partition coefficient (Wildman–Crippen LogP) is 4.37. The molecule has 8 heteroatoms. The Balaban J connectivity index is 1.48. The first-order valence-electron chi connectivity index (χ1n) is 13.4. The van der Waals surface area contributed by atoms with E-state index < -0.39 is 29.2 Å². The lowest BCUT2D eigenvalue weighted by Gasteiger charge is -2.45. The fourth-order valence-electron chi connectivity index (χ4n) is 6.03. The fraction of sp³-hybridized carbons (Fsp3) is 0.533. The molecule has 3 atom stereocenters. The maximum Gasteiger partial charge on any atom is 0.336 e. The van der Waals surface area contributed by atoms with Crippen LogP contribution in [0.5, 0.6) is 0 Å². The fourth-order valence-corrected chi connectivity index (χ4v) is 6.03. The van der Waals surface area contributed by atoms with Crippen LogP contribution in [0, 0.1) is 17.8 Å². The third kappa shape index (κ3) is 5.24. The maximum absolute atomic E-state index is 13.5. The van der Waals surface area contributed by atoms with Crippen LogP contribution in [0.3, 0.4) is 0 Å². The average molecular weight is 523 g/mol. The van der Waals surface area contributed by atoms with Crippen molar-refractivity contribution >= 4 is 22.8 Å². The van der Waals surface area contributed by atoms with Crippen LogP contribution >= 0.6 is 0 Å². The van der Waals surface area contributed by atoms with Gasteiger partial charge in [-0.2, -0.15) is 0 Å². The number of carbonyl (C=O) groups is 2. The lowest BCUT2D eigenvalue weighted by molar-refractivity contribution is -0.176. The largest absolute Gasteiger partial charge is 0.466 e. The molecule has 38 heavy (non-hydrogen) atoms. The lowest BCUT2D eigenvalue weighted by Crippen LogP contribution is -2.47. The van der Waals surface area contributed by atoms with Gasteiger partial charge in [-0.05, 0) is 58.1 Å². The zero-order valence-electron chi connectivity index (χ0n) is 22.9. The van der Waals surface area contributed by atoms with Gasteiger partial charge < -0.3 is 28.8 Å². The Morgan fingerprint density at radius 3 is 2.58 bits per heavy atom. The van der Waals surface area contributed by atoms with E-state index in [0.717, 1.165) is 18.5 Å². The minimum atomic E-state index is -0.813. The molecule has 0 amide bonds. The van der Waals surface area contributed by atoms with E-state index in [-0.39, 0.29) is 11.8 Å². The van der Waals surface area contributed by atoms with Crippen molar-refractivity contribution in [2.24, 2.45) is 17.8 Å². The molecule has 2 aliphatic heterocycles. The van der Waals surface area contributed by atoms with Crippen molar-refractivity contribution in [3.63, 3.8) is 0 Å². The number of hydrogen-bond donors (Lipinski definition) is 1. The zero-order chi connectivity index (χ0) is 27.1. The minimum absolute atomic E-state index is 0.0146. The Morgan fingerprint density at radius 1 is 1.13 bits per heavy atom. The smallest absolute Gasteiger partial charge is 0.336 e. The summed E-state index contributed by atoms with van der Waals surface area (Å²) in [6.45, 7) is 9.94. The summed E-state index contributed by atoms with van der Waals surface area (Å²) in [5.74, 6) is -2.23. The number of ether oxygens (including phenoxy) is 4. The topological polar surface area (TPSA) is 90.1 Å². The van der Waals surface area contributed by atoms with E-state index in [2.05, 4.69) is 28.2 Å². The van der Waals surface area contributed by atoms with Crippen molar-refractivity contribution in [1.29, 1.82) is 0 Å². The second-order valence-electron chi connectivity index (χ2n) is 11.6. The van der Waals surface area contributed by atoms with Gasteiger partial charge in [-0.1, -0.05) is 24.3 Å². The average Bonchev–Trinajstić information content (AvgIpc) is 3.51. The predicted molar refractivity (Wildman–Crippen MR) is 143 cm³/mol. The molecule has 1 saturated heterocycles. The van der Waals surface area contributed by atoms with Crippen molar-refractivity contribution < 1.29 is 28.5 Å². The summed E-state index contributed by atoms with van der Waals surface area (Å²) in [4.78, 5) is 32.1. The molecule has 5 rings (SSSR count). The zero-order valence-corrected chi connectivity index (χ0v) is 22.9. The lowest BCUT2D eigenvalue weighted by atomic mass is 9.67. The summed E-state index contributed by atoms with van der Waals surface area (Å²) in [5.41, 5.74) is 2.64. The number of fused-ring (bicyclic) bond motifs is 2. The number of methoxy groups -OCH3 is 1. The first-order chi connectivity index (χ1) is 18.1. The molecule has 3 heterocycles. The molecular weight excluding hydrogens is 484 g/mol. The molecule has 0 spiro atoms. The van der Waals surface area contributed by atoms with Crippen LogP contribution in [0.1, 0.15) is 39.7 Å². The van der Waals surface area contributed by atoms with Crippen LogP contribution in [0.4, 0.5) is 0 Å². The Hall–Kier alpha value is -3.10. The SMILES string of the molecule is COC(=O)C1=C[C@@H](C2(C)OCCO2)C[C@@H]2CN(CCc3c[nH]c4ccccc34)C=C(C(=O)OC(C)(C)C)[C@H]12. The number of nitrogens with one attached hydrogen (secondary N) is 1. The number of H-pyrrole nitrogens is 1. The summed E-state index contributed by atoms with van der Waals surface area (Å²) in [7, 11) is 1.37. The van der Waals surface area contributed by atoms with Gasteiger partial charge >= 0.3 is 11.9 Å². The van der Waals surface area contributed by atoms with Gasteiger partial charge in [-0.3, -0.25) is 0 Å². The maximum atomic E-state index is 13.5. The molecule has 1 aliphatic carbocycles. The normalized spacial score (nSPS) is 25.0. The van der Waals surface area contributed by atoms with Gasteiger partial charge in [-0.25, -0.2) is 9.59 Å². The molecule has 0 radical (unpaired) electrons. The minimum Gasteiger partial charge on any atom is -0.466 e. The molecule has 0 bridgehead atoms. The van der Waals surface area contributed by atoms with Gasteiger partial charge in [0, 0.05) is 53.8 Å². The van der Waals surface area contributed by atoms with E-state index in [1.165, 1.54) is 18.1 Å². The molecular formula is C30H38N2O6. The van der Waals surface area contributed by atoms with Crippen molar-refractivity contribution in [3.8, 4) is 0 Å². The molecule has 1 aromatic heterocycles. The third-order valence-electron chi connectivity index (χ3n) is 7.80. The van der Waals surface area contributed by atoms with E-state index in [1.807, 2.05) is 52.1 Å². The van der Waals surface area contributed by atoms with Gasteiger partial charge in [0.05, 0.1) is 25.9 Å². The monoisotopic (exact) mass is 522 g/mol. The number of nitrogens with zero attached hydrogens (tertiary/aromatic N) is 1. The standard InChI is InChI=1S/C30H38N2O6/c1-29(2,3)38-28(34)24-18-32(11-10-19-16-31-25-9-7-6-8-22(19)25)17-20-14-21(30(4)36-12-13-37-30)15-23(26(20)24)27(33)35-5/h6-9,15-16,18,20-21,26,31H,10-14,17H2,1-5H3/t20-,21+,26+/m1/s1. The summed E-state index contributed by atoms with van der Waals surface area (Å²) in [5, 5.41) is 1.20. The number of esters is 2. The summed E-state index contributed by atoms with van der Waals surface area (Å²) in [6.07, 6.45) is 7.38. The Morgan fingerprint density at radius 2 is 1.87 bits per heavy atom. The van der Waals surface area contributed by atoms with Crippen LogP contribution in [-0.2, 0) is 35.0 Å². The molecule has 1 fully saturated rings. The van der Waals surface area contributed by atoms with Crippen LogP contribution < -0.4 is 0 Å². The van der Waals surface area contributed by atoms with E-state index in [0.29, 0.717) is 37.3 Å². The highest BCUT2D eigenvalue weighted by atomic mass is 16.7. The quantitative estimate of drug-likeness (QED) is 0.564. The van der Waals surface area contributed by atoms with Crippen molar-refractivity contribution in [2.75, 3.05) is 33.4 Å². The van der Waals surface area contributed by atoms with Crippen LogP contribution in [0.15, 0.2) is 53.9 Å². The molecule has 0 unspecified atom stereocenters. The Kier molecular flexibility index (Phi) is 7.13. The summed E-state index contributed by atoms with van der Waals surface area (Å²) in [6, 6.07) is 8.26. The number of hydrogen-bond acceptors (Lipinski definition) is 7. The van der Waals surface area contributed by atoms with Crippen molar-refractivity contribution in [3.05, 3.63) is 59.4 Å². The molecule has 1 N–H and O–H groups in total. The first-order valence-corrected chi connectivity index (χ1v) is 13.4. The Bertz CT molecular complexity index is 1260. The second-order valence-corrected chi connectivity index (χ2v) is 11.6. The number of carbonyl (C=O) groups excluding carboxylic acids is 2. The number of aromatic amines is 1. The number of benzene rings is 1. The third-order valence-corrected chi connectivity index (χ3v) is 7.80. The van der Waals surface area contributed by atoms with Gasteiger partial charge in [0.1, 0.15) is 5.60 Å². The number of para-hydroxylation sites is 1. The van der Waals surface area contributed by atoms with E-state index in [4.69, 9.17) is 18.9 Å². The van der Waals surface area contributed by atoms with E-state index in [1.54, 1.807) is 0 Å². The molecule has 0 saturated carbocycles. The van der Waals surface area contributed by atoms with E-state index >= 15 is 0 Å². The van der Waals surface area contributed by atoms with Crippen LogP contribution in [-0.4, -0.2) is 66.6 Å². The molecule has 204 valence electrons. The molecule has 8 nitrogen and oxygen atoms in total. The highest BCUT2D eigenvalue weighted by Crippen LogP contribution is 2.47.